The van der Waals surface area contributed by atoms with E-state index in [-0.39, 0.29) is 5.82 Å². The second kappa shape index (κ2) is 10.1. The Bertz CT molecular complexity index is 1000. The summed E-state index contributed by atoms with van der Waals surface area (Å²) >= 11 is 0. The van der Waals surface area contributed by atoms with Crippen LogP contribution in [0.3, 0.4) is 0 Å². The Morgan fingerprint density at radius 1 is 0.774 bits per heavy atom. The van der Waals surface area contributed by atoms with Crippen LogP contribution >= 0.6 is 0 Å². The van der Waals surface area contributed by atoms with Gasteiger partial charge in [-0.05, 0) is 71.4 Å². The first-order chi connectivity index (χ1) is 15.1. The van der Waals surface area contributed by atoms with Crippen LogP contribution in [-0.2, 0) is 6.42 Å². The van der Waals surface area contributed by atoms with Gasteiger partial charge in [0.25, 0.3) is 0 Å². The van der Waals surface area contributed by atoms with Crippen LogP contribution in [0.2, 0.25) is 0 Å². The summed E-state index contributed by atoms with van der Waals surface area (Å²) < 4.78 is 15.0. The van der Waals surface area contributed by atoms with Crippen LogP contribution in [0, 0.1) is 11.7 Å². The van der Waals surface area contributed by atoms with Crippen molar-refractivity contribution in [1.82, 2.24) is 0 Å². The molecule has 0 amide bonds. The lowest BCUT2D eigenvalue weighted by Gasteiger charge is -2.26. The molecule has 0 bridgehead atoms. The maximum Gasteiger partial charge on any atom is 0.131 e. The molecule has 160 valence electrons. The third-order valence-electron chi connectivity index (χ3n) is 6.72. The fourth-order valence-electron chi connectivity index (χ4n) is 4.68. The summed E-state index contributed by atoms with van der Waals surface area (Å²) in [5.41, 5.74) is 6.28. The largest absolute Gasteiger partial charge is 0.206 e. The van der Waals surface area contributed by atoms with Gasteiger partial charge in [0, 0.05) is 5.56 Å². The van der Waals surface area contributed by atoms with Gasteiger partial charge in [-0.3, -0.25) is 0 Å². The minimum Gasteiger partial charge on any atom is -0.206 e. The molecule has 3 aromatic carbocycles. The molecule has 0 unspecified atom stereocenters. The number of rotatable bonds is 6. The Kier molecular flexibility index (Phi) is 7.02. The SMILES string of the molecule is CCC=CCc1ccc(-c2ccc(-c3ccc(C4CCC(C)CC4)cc3)cc2F)cc1. The second-order valence-electron chi connectivity index (χ2n) is 9.05. The highest BCUT2D eigenvalue weighted by Gasteiger charge is 2.19. The Morgan fingerprint density at radius 3 is 2.06 bits per heavy atom. The molecule has 0 spiro atoms. The molecule has 0 nitrogen and oxygen atoms in total. The van der Waals surface area contributed by atoms with Crippen molar-refractivity contribution in [2.45, 2.75) is 58.3 Å². The molecule has 1 aliphatic carbocycles. The Hall–Kier alpha value is -2.67. The van der Waals surface area contributed by atoms with E-state index in [1.54, 1.807) is 6.07 Å². The predicted molar refractivity (Wildman–Crippen MR) is 131 cm³/mol. The summed E-state index contributed by atoms with van der Waals surface area (Å²) in [4.78, 5) is 0. The number of benzene rings is 3. The first kappa shape index (κ1) is 21.6. The van der Waals surface area contributed by atoms with Crippen molar-refractivity contribution in [3.63, 3.8) is 0 Å². The summed E-state index contributed by atoms with van der Waals surface area (Å²) in [5.74, 6) is 1.39. The molecule has 0 radical (unpaired) electrons. The maximum atomic E-state index is 15.0. The molecule has 1 saturated carbocycles. The lowest BCUT2D eigenvalue weighted by atomic mass is 9.79. The zero-order valence-electron chi connectivity index (χ0n) is 18.8. The van der Waals surface area contributed by atoms with Crippen LogP contribution in [0.1, 0.15) is 63.0 Å². The predicted octanol–water partition coefficient (Wildman–Crippen LogP) is 8.96. The molecule has 0 aromatic heterocycles. The molecule has 31 heavy (non-hydrogen) atoms. The average molecular weight is 413 g/mol. The van der Waals surface area contributed by atoms with Crippen molar-refractivity contribution in [1.29, 1.82) is 0 Å². The normalized spacial score (nSPS) is 19.1. The Balaban J connectivity index is 1.48. The van der Waals surface area contributed by atoms with Crippen LogP contribution in [0.5, 0.6) is 0 Å². The van der Waals surface area contributed by atoms with Crippen LogP contribution in [0.25, 0.3) is 22.3 Å². The highest BCUT2D eigenvalue weighted by molar-refractivity contribution is 5.71. The minimum absolute atomic E-state index is 0.165. The molecule has 0 aliphatic heterocycles. The van der Waals surface area contributed by atoms with Crippen LogP contribution in [-0.4, -0.2) is 0 Å². The monoisotopic (exact) mass is 412 g/mol. The fourth-order valence-corrected chi connectivity index (χ4v) is 4.68. The maximum absolute atomic E-state index is 15.0. The van der Waals surface area contributed by atoms with E-state index in [2.05, 4.69) is 62.4 Å². The highest BCUT2D eigenvalue weighted by atomic mass is 19.1. The molecule has 3 aromatic rings. The molecule has 0 N–H and O–H groups in total. The molecule has 0 heterocycles. The van der Waals surface area contributed by atoms with Gasteiger partial charge in [-0.15, -0.1) is 0 Å². The van der Waals surface area contributed by atoms with Crippen LogP contribution in [0.4, 0.5) is 4.39 Å². The van der Waals surface area contributed by atoms with E-state index < -0.39 is 0 Å². The summed E-state index contributed by atoms with van der Waals surface area (Å²) in [6.45, 7) is 4.49. The molecule has 1 aliphatic rings. The quantitative estimate of drug-likeness (QED) is 0.354. The number of allylic oxidation sites excluding steroid dienone is 2. The number of hydrogen-bond donors (Lipinski definition) is 0. The highest BCUT2D eigenvalue weighted by Crippen LogP contribution is 2.36. The van der Waals surface area contributed by atoms with Crippen molar-refractivity contribution in [2.24, 2.45) is 5.92 Å². The van der Waals surface area contributed by atoms with Gasteiger partial charge in [0.05, 0.1) is 0 Å². The van der Waals surface area contributed by atoms with Gasteiger partial charge in [-0.2, -0.15) is 0 Å². The topological polar surface area (TPSA) is 0 Å². The van der Waals surface area contributed by atoms with Crippen LogP contribution in [0.15, 0.2) is 78.9 Å². The Morgan fingerprint density at radius 2 is 1.42 bits per heavy atom. The molecule has 1 heteroatoms. The van der Waals surface area contributed by atoms with Crippen molar-refractivity contribution in [3.05, 3.63) is 95.8 Å². The second-order valence-corrected chi connectivity index (χ2v) is 9.05. The third-order valence-corrected chi connectivity index (χ3v) is 6.72. The van der Waals surface area contributed by atoms with Gasteiger partial charge in [0.15, 0.2) is 0 Å². The number of hydrogen-bond acceptors (Lipinski definition) is 0. The van der Waals surface area contributed by atoms with Gasteiger partial charge < -0.3 is 0 Å². The summed E-state index contributed by atoms with van der Waals surface area (Å²) in [6, 6.07) is 22.6. The van der Waals surface area contributed by atoms with Crippen molar-refractivity contribution >= 4 is 0 Å². The lowest BCUT2D eigenvalue weighted by molar-refractivity contribution is 0.348. The van der Waals surface area contributed by atoms with E-state index in [0.717, 1.165) is 35.4 Å². The first-order valence-electron chi connectivity index (χ1n) is 11.8. The van der Waals surface area contributed by atoms with E-state index in [1.165, 1.54) is 36.8 Å². The minimum atomic E-state index is -0.165. The van der Waals surface area contributed by atoms with Gasteiger partial charge in [0.1, 0.15) is 5.82 Å². The lowest BCUT2D eigenvalue weighted by Crippen LogP contribution is -2.10. The van der Waals surface area contributed by atoms with E-state index in [1.807, 2.05) is 24.3 Å². The Labute approximate surface area is 186 Å². The molecule has 4 rings (SSSR count). The van der Waals surface area contributed by atoms with Crippen LogP contribution < -0.4 is 0 Å². The smallest absolute Gasteiger partial charge is 0.131 e. The zero-order chi connectivity index (χ0) is 21.6. The van der Waals surface area contributed by atoms with Gasteiger partial charge >= 0.3 is 0 Å². The van der Waals surface area contributed by atoms with Gasteiger partial charge in [0.2, 0.25) is 0 Å². The molecular weight excluding hydrogens is 379 g/mol. The third kappa shape index (κ3) is 5.34. The van der Waals surface area contributed by atoms with Gasteiger partial charge in [-0.1, -0.05) is 99.5 Å². The molecule has 0 atom stereocenters. The van der Waals surface area contributed by atoms with E-state index in [0.29, 0.717) is 11.5 Å². The summed E-state index contributed by atoms with van der Waals surface area (Å²) in [6.07, 6.45) is 11.6. The van der Waals surface area contributed by atoms with Gasteiger partial charge in [-0.25, -0.2) is 4.39 Å². The van der Waals surface area contributed by atoms with Crippen molar-refractivity contribution < 1.29 is 4.39 Å². The van der Waals surface area contributed by atoms with E-state index in [4.69, 9.17) is 0 Å². The summed E-state index contributed by atoms with van der Waals surface area (Å²) in [7, 11) is 0. The first-order valence-corrected chi connectivity index (χ1v) is 11.8. The zero-order valence-corrected chi connectivity index (χ0v) is 18.8. The van der Waals surface area contributed by atoms with E-state index in [9.17, 15) is 4.39 Å². The van der Waals surface area contributed by atoms with Crippen molar-refractivity contribution in [3.8, 4) is 22.3 Å². The van der Waals surface area contributed by atoms with Crippen molar-refractivity contribution in [2.75, 3.05) is 0 Å². The average Bonchev–Trinajstić information content (AvgIpc) is 2.80. The molecular formula is C30H33F. The molecule has 0 saturated heterocycles. The summed E-state index contributed by atoms with van der Waals surface area (Å²) in [5, 5.41) is 0. The standard InChI is InChI=1S/C30H33F/c1-3-4-5-6-23-9-13-27(14-10-23)29-20-19-28(21-30(29)31)26-17-15-25(16-18-26)24-11-7-22(2)8-12-24/h4-5,9-10,13-22,24H,3,6-8,11-12H2,1-2H3. The molecule has 1 fully saturated rings. The number of halogens is 1. The fraction of sp³-hybridized carbons (Fsp3) is 0.333. The van der Waals surface area contributed by atoms with E-state index >= 15 is 0 Å².